The lowest BCUT2D eigenvalue weighted by Crippen LogP contribution is -2.38. The summed E-state index contributed by atoms with van der Waals surface area (Å²) in [5, 5.41) is 11.4. The van der Waals surface area contributed by atoms with E-state index in [1.165, 1.54) is 18.3 Å². The van der Waals surface area contributed by atoms with Crippen LogP contribution in [0.5, 0.6) is 0 Å². The van der Waals surface area contributed by atoms with E-state index in [0.717, 1.165) is 10.6 Å². The molecule has 3 aromatic rings. The molecule has 0 radical (unpaired) electrons. The quantitative estimate of drug-likeness (QED) is 0.0556. The van der Waals surface area contributed by atoms with Gasteiger partial charge in [-0.2, -0.15) is 4.98 Å². The first-order valence-electron chi connectivity index (χ1n) is 17.2. The second-order valence-electron chi connectivity index (χ2n) is 11.5. The van der Waals surface area contributed by atoms with Crippen LogP contribution in [0, 0.1) is 0 Å². The Kier molecular flexibility index (Phi) is 18.6. The molecule has 19 heteroatoms. The fourth-order valence-electron chi connectivity index (χ4n) is 4.60. The Hall–Kier alpha value is -6.08. The third-order valence-corrected chi connectivity index (χ3v) is 7.18. The van der Waals surface area contributed by atoms with Crippen molar-refractivity contribution in [3.63, 3.8) is 0 Å². The summed E-state index contributed by atoms with van der Waals surface area (Å²) in [6.07, 6.45) is 4.48. The van der Waals surface area contributed by atoms with E-state index in [1.54, 1.807) is 38.1 Å². The van der Waals surface area contributed by atoms with Crippen molar-refractivity contribution in [2.75, 3.05) is 50.4 Å². The fraction of sp³-hybridized carbons (Fsp3) is 0.429. The summed E-state index contributed by atoms with van der Waals surface area (Å²) >= 11 is 0. The monoisotopic (exact) mass is 752 g/mol. The highest BCUT2D eigenvalue weighted by atomic mass is 16.7. The second-order valence-corrected chi connectivity index (χ2v) is 11.5. The summed E-state index contributed by atoms with van der Waals surface area (Å²) < 4.78 is 11.3. The van der Waals surface area contributed by atoms with E-state index < -0.39 is 23.2 Å². The lowest BCUT2D eigenvalue weighted by molar-refractivity contribution is -0.211. The number of carbonyl (C=O) groups is 6. The van der Waals surface area contributed by atoms with Gasteiger partial charge in [-0.15, -0.1) is 0 Å². The average molecular weight is 753 g/mol. The normalized spacial score (nSPS) is 12.0. The number of nitrogens with two attached hydrogens (primary N) is 1. The van der Waals surface area contributed by atoms with Crippen LogP contribution in [0.1, 0.15) is 63.0 Å². The summed E-state index contributed by atoms with van der Waals surface area (Å²) in [5.41, 5.74) is 7.01. The first-order valence-corrected chi connectivity index (χ1v) is 17.2. The minimum atomic E-state index is -0.963. The van der Waals surface area contributed by atoms with Crippen LogP contribution in [0.25, 0.3) is 11.2 Å². The number of anilines is 2. The predicted octanol–water partition coefficient (Wildman–Crippen LogP) is 0.576. The largest absolute Gasteiger partial charge is 0.379 e. The van der Waals surface area contributed by atoms with Crippen molar-refractivity contribution in [3.8, 4) is 0 Å². The van der Waals surface area contributed by atoms with Crippen molar-refractivity contribution in [3.05, 3.63) is 64.2 Å². The molecule has 19 nitrogen and oxygen atoms in total. The molecule has 0 aliphatic carbocycles. The van der Waals surface area contributed by atoms with Gasteiger partial charge in [-0.1, -0.05) is 13.8 Å². The molecule has 0 atom stereocenters. The number of aromatic nitrogens is 4. The SMILES string of the molecule is C=O.CC.CC(C)(OCCNC(=O)CCCNC(=O)c1ccc(NCc2cnc3nc(N)[nH]c(=O)c3n2)cc1)OCCNC(=O)CCN1C(=O)C=CC1=O. The maximum atomic E-state index is 12.5. The number of amides is 5. The molecule has 3 heterocycles. The molecule has 1 aliphatic heterocycles. The van der Waals surface area contributed by atoms with Crippen LogP contribution in [0.15, 0.2) is 47.4 Å². The van der Waals surface area contributed by atoms with Gasteiger partial charge in [0.1, 0.15) is 6.79 Å². The zero-order chi connectivity index (χ0) is 40.1. The minimum Gasteiger partial charge on any atom is -0.379 e. The van der Waals surface area contributed by atoms with Crippen LogP contribution >= 0.6 is 0 Å². The van der Waals surface area contributed by atoms with Crippen molar-refractivity contribution in [2.45, 2.75) is 59.3 Å². The molecule has 0 unspecified atom stereocenters. The van der Waals surface area contributed by atoms with Gasteiger partial charge in [0.05, 0.1) is 31.6 Å². The van der Waals surface area contributed by atoms with Gasteiger partial charge in [0.2, 0.25) is 17.8 Å². The molecule has 0 saturated carbocycles. The van der Waals surface area contributed by atoms with E-state index in [9.17, 15) is 28.8 Å². The Bertz CT molecular complexity index is 1800. The number of imide groups is 1. The number of carbonyl (C=O) groups excluding carboxylic acids is 6. The van der Waals surface area contributed by atoms with E-state index in [1.807, 2.05) is 20.6 Å². The van der Waals surface area contributed by atoms with Crippen LogP contribution in [0.2, 0.25) is 0 Å². The van der Waals surface area contributed by atoms with Crippen molar-refractivity contribution < 1.29 is 38.2 Å². The zero-order valence-corrected chi connectivity index (χ0v) is 30.9. The number of rotatable bonds is 19. The molecule has 2 aromatic heterocycles. The Morgan fingerprint density at radius 2 is 1.46 bits per heavy atom. The highest BCUT2D eigenvalue weighted by Crippen LogP contribution is 2.12. The maximum absolute atomic E-state index is 12.5. The lowest BCUT2D eigenvalue weighted by atomic mass is 10.2. The van der Waals surface area contributed by atoms with Crippen molar-refractivity contribution >= 4 is 59.1 Å². The van der Waals surface area contributed by atoms with E-state index in [2.05, 4.69) is 41.2 Å². The van der Waals surface area contributed by atoms with Gasteiger partial charge in [0, 0.05) is 62.4 Å². The molecular formula is C35H48N10O9. The van der Waals surface area contributed by atoms with Crippen LogP contribution < -0.4 is 32.6 Å². The third kappa shape index (κ3) is 14.9. The van der Waals surface area contributed by atoms with Crippen LogP contribution in [0.4, 0.5) is 11.6 Å². The van der Waals surface area contributed by atoms with Gasteiger partial charge in [-0.25, -0.2) is 9.97 Å². The van der Waals surface area contributed by atoms with Crippen molar-refractivity contribution in [1.82, 2.24) is 40.8 Å². The number of H-pyrrole nitrogens is 1. The molecule has 0 spiro atoms. The number of hydrogen-bond acceptors (Lipinski definition) is 14. The Balaban J connectivity index is 0.00000244. The fourth-order valence-corrected chi connectivity index (χ4v) is 4.60. The number of nitrogens with zero attached hydrogens (tertiary/aromatic N) is 4. The summed E-state index contributed by atoms with van der Waals surface area (Å²) in [7, 11) is 0. The molecule has 0 bridgehead atoms. The second kappa shape index (κ2) is 22.8. The highest BCUT2D eigenvalue weighted by molar-refractivity contribution is 6.13. The predicted molar refractivity (Wildman–Crippen MR) is 199 cm³/mol. The summed E-state index contributed by atoms with van der Waals surface area (Å²) in [4.78, 5) is 95.5. The molecule has 54 heavy (non-hydrogen) atoms. The van der Waals surface area contributed by atoms with Gasteiger partial charge in [-0.3, -0.25) is 38.7 Å². The van der Waals surface area contributed by atoms with Crippen molar-refractivity contribution in [1.29, 1.82) is 0 Å². The Morgan fingerprint density at radius 1 is 0.870 bits per heavy atom. The first-order chi connectivity index (χ1) is 25.9. The zero-order valence-electron chi connectivity index (χ0n) is 30.9. The van der Waals surface area contributed by atoms with E-state index >= 15 is 0 Å². The summed E-state index contributed by atoms with van der Waals surface area (Å²) in [6.45, 7) is 10.9. The number of hydrogen-bond donors (Lipinski definition) is 6. The molecule has 0 fully saturated rings. The van der Waals surface area contributed by atoms with Crippen molar-refractivity contribution in [2.24, 2.45) is 0 Å². The standard InChI is InChI=1S/C32H40N10O8.C2H6.CH2O/c1-32(2,50-17-14-35-24(44)11-15-42-25(45)9-10-26(42)46)49-16-13-34-23(43)4-3-12-36-29(47)20-5-7-21(8-6-20)37-18-22-19-38-28-27(39-22)30(48)41-31(33)40-28;2*1-2/h5-10,19,37H,3-4,11-18H2,1-2H3,(H,34,43)(H,35,44)(H,36,47)(H3,33,38,40,41,48);1-2H3;1H2. The molecular weight excluding hydrogens is 704 g/mol. The molecule has 5 amide bonds. The lowest BCUT2D eigenvalue weighted by Gasteiger charge is -2.26. The van der Waals surface area contributed by atoms with Gasteiger partial charge < -0.3 is 41.3 Å². The topological polar surface area (TPSA) is 270 Å². The maximum Gasteiger partial charge on any atom is 0.280 e. The molecule has 1 aliphatic rings. The third-order valence-electron chi connectivity index (χ3n) is 7.18. The smallest absolute Gasteiger partial charge is 0.280 e. The Labute approximate surface area is 311 Å². The molecule has 0 saturated heterocycles. The number of benzene rings is 1. The van der Waals surface area contributed by atoms with Gasteiger partial charge >= 0.3 is 0 Å². The van der Waals surface area contributed by atoms with E-state index in [4.69, 9.17) is 20.0 Å². The van der Waals surface area contributed by atoms with Gasteiger partial charge in [0.15, 0.2) is 17.0 Å². The average Bonchev–Trinajstić information content (AvgIpc) is 3.49. The van der Waals surface area contributed by atoms with Gasteiger partial charge in [-0.05, 0) is 44.5 Å². The first kappa shape index (κ1) is 44.1. The summed E-state index contributed by atoms with van der Waals surface area (Å²) in [5.74, 6) is -2.64. The number of fused-ring (bicyclic) bond motifs is 1. The summed E-state index contributed by atoms with van der Waals surface area (Å²) in [6, 6.07) is 6.81. The minimum absolute atomic E-state index is 0.00835. The number of nitrogens with one attached hydrogen (secondary N) is 5. The molecule has 292 valence electrons. The number of ether oxygens (including phenoxy) is 2. The van der Waals surface area contributed by atoms with Crippen LogP contribution in [-0.2, 0) is 40.0 Å². The highest BCUT2D eigenvalue weighted by Gasteiger charge is 2.24. The van der Waals surface area contributed by atoms with E-state index in [0.29, 0.717) is 24.2 Å². The number of nitrogen functional groups attached to an aromatic ring is 1. The molecule has 1 aromatic carbocycles. The van der Waals surface area contributed by atoms with Gasteiger partial charge in [0.25, 0.3) is 23.3 Å². The van der Waals surface area contributed by atoms with Crippen LogP contribution in [0.3, 0.4) is 0 Å². The Morgan fingerprint density at radius 3 is 2.07 bits per heavy atom. The van der Waals surface area contributed by atoms with Crippen LogP contribution in [-0.4, -0.2) is 106 Å². The molecule has 4 rings (SSSR count). The number of aromatic amines is 1. The van der Waals surface area contributed by atoms with E-state index in [-0.39, 0.29) is 87.1 Å². The molecule has 7 N–H and O–H groups in total.